The first-order valence-corrected chi connectivity index (χ1v) is 3.88. The third-order valence-corrected chi connectivity index (χ3v) is 1.60. The number of rotatable bonds is 3. The van der Waals surface area contributed by atoms with Crippen LogP contribution in [0.25, 0.3) is 6.08 Å². The summed E-state index contributed by atoms with van der Waals surface area (Å²) in [6.07, 6.45) is 2.21. The summed E-state index contributed by atoms with van der Waals surface area (Å²) in [4.78, 5) is 10.2. The zero-order valence-electron chi connectivity index (χ0n) is 7.53. The number of hydrogen-bond acceptors (Lipinski definition) is 2. The maximum absolute atomic E-state index is 12.8. The Kier molecular flexibility index (Phi) is 3.23. The molecule has 0 heterocycles. The molecule has 0 atom stereocenters. The Morgan fingerprint density at radius 3 is 2.86 bits per heavy atom. The Hall–Kier alpha value is -1.84. The van der Waals surface area contributed by atoms with Crippen LogP contribution in [0.4, 0.5) is 4.39 Å². The largest absolute Gasteiger partial charge is 0.496 e. The normalized spacial score (nSPS) is 10.4. The summed E-state index contributed by atoms with van der Waals surface area (Å²) in [5.41, 5.74) is 0.398. The van der Waals surface area contributed by atoms with Crippen LogP contribution in [0, 0.1) is 5.82 Å². The van der Waals surface area contributed by atoms with Gasteiger partial charge in [-0.15, -0.1) is 0 Å². The zero-order chi connectivity index (χ0) is 10.6. The van der Waals surface area contributed by atoms with Crippen molar-refractivity contribution in [2.24, 2.45) is 0 Å². The van der Waals surface area contributed by atoms with Crippen LogP contribution in [0.1, 0.15) is 5.56 Å². The van der Waals surface area contributed by atoms with Gasteiger partial charge in [-0.25, -0.2) is 9.18 Å². The van der Waals surface area contributed by atoms with E-state index in [0.717, 1.165) is 6.08 Å². The molecule has 0 aliphatic carbocycles. The first-order chi connectivity index (χ1) is 6.63. The summed E-state index contributed by atoms with van der Waals surface area (Å²) in [5.74, 6) is -1.09. The number of carboxylic acids is 1. The van der Waals surface area contributed by atoms with E-state index >= 15 is 0 Å². The lowest BCUT2D eigenvalue weighted by atomic mass is 10.2. The molecule has 0 aliphatic rings. The predicted octanol–water partition coefficient (Wildman–Crippen LogP) is 1.93. The van der Waals surface area contributed by atoms with Gasteiger partial charge in [-0.1, -0.05) is 0 Å². The fourth-order valence-electron chi connectivity index (χ4n) is 0.997. The van der Waals surface area contributed by atoms with Gasteiger partial charge < -0.3 is 9.84 Å². The summed E-state index contributed by atoms with van der Waals surface area (Å²) >= 11 is 0. The molecular weight excluding hydrogens is 187 g/mol. The second-order valence-corrected chi connectivity index (χ2v) is 2.56. The maximum atomic E-state index is 12.8. The van der Waals surface area contributed by atoms with Crippen molar-refractivity contribution in [1.82, 2.24) is 0 Å². The minimum absolute atomic E-state index is 0.398. The van der Waals surface area contributed by atoms with Gasteiger partial charge in [-0.3, -0.25) is 0 Å². The van der Waals surface area contributed by atoms with Gasteiger partial charge in [0.15, 0.2) is 0 Å². The molecule has 0 unspecified atom stereocenters. The molecule has 0 aromatic heterocycles. The molecule has 0 spiro atoms. The van der Waals surface area contributed by atoms with Crippen LogP contribution in [0.15, 0.2) is 24.3 Å². The average Bonchev–Trinajstić information content (AvgIpc) is 2.15. The minimum atomic E-state index is -1.09. The minimum Gasteiger partial charge on any atom is -0.496 e. The molecule has 0 saturated heterocycles. The molecule has 74 valence electrons. The summed E-state index contributed by atoms with van der Waals surface area (Å²) < 4.78 is 17.7. The summed E-state index contributed by atoms with van der Waals surface area (Å²) in [6, 6.07) is 3.89. The smallest absolute Gasteiger partial charge is 0.328 e. The molecule has 1 rings (SSSR count). The van der Waals surface area contributed by atoms with Crippen LogP contribution < -0.4 is 4.74 Å². The van der Waals surface area contributed by atoms with E-state index in [0.29, 0.717) is 11.3 Å². The van der Waals surface area contributed by atoms with Gasteiger partial charge in [0.05, 0.1) is 7.11 Å². The highest BCUT2D eigenvalue weighted by Crippen LogP contribution is 2.20. The third-order valence-electron chi connectivity index (χ3n) is 1.60. The summed E-state index contributed by atoms with van der Waals surface area (Å²) in [7, 11) is 1.44. The maximum Gasteiger partial charge on any atom is 0.328 e. The molecule has 4 heteroatoms. The van der Waals surface area contributed by atoms with Gasteiger partial charge in [0.1, 0.15) is 11.6 Å². The van der Waals surface area contributed by atoms with E-state index in [2.05, 4.69) is 0 Å². The molecule has 1 N–H and O–H groups in total. The number of carbonyl (C=O) groups is 1. The van der Waals surface area contributed by atoms with Crippen molar-refractivity contribution in [3.8, 4) is 5.75 Å². The fourth-order valence-corrected chi connectivity index (χ4v) is 0.997. The van der Waals surface area contributed by atoms with E-state index in [1.54, 1.807) is 0 Å². The van der Waals surface area contributed by atoms with Gasteiger partial charge in [0.2, 0.25) is 0 Å². The van der Waals surface area contributed by atoms with E-state index in [-0.39, 0.29) is 0 Å². The van der Waals surface area contributed by atoms with Crippen molar-refractivity contribution in [2.45, 2.75) is 0 Å². The Labute approximate surface area is 80.4 Å². The second kappa shape index (κ2) is 4.41. The van der Waals surface area contributed by atoms with E-state index in [4.69, 9.17) is 9.84 Å². The van der Waals surface area contributed by atoms with Gasteiger partial charge >= 0.3 is 5.97 Å². The predicted molar refractivity (Wildman–Crippen MR) is 49.6 cm³/mol. The molecule has 3 nitrogen and oxygen atoms in total. The van der Waals surface area contributed by atoms with E-state index < -0.39 is 11.8 Å². The van der Waals surface area contributed by atoms with Gasteiger partial charge in [0.25, 0.3) is 0 Å². The van der Waals surface area contributed by atoms with E-state index in [1.165, 1.54) is 31.4 Å². The first kappa shape index (κ1) is 10.2. The fraction of sp³-hybridized carbons (Fsp3) is 0.100. The molecular formula is C10H9FO3. The number of aliphatic carboxylic acids is 1. The van der Waals surface area contributed by atoms with Crippen LogP contribution >= 0.6 is 0 Å². The Morgan fingerprint density at radius 1 is 1.57 bits per heavy atom. The summed E-state index contributed by atoms with van der Waals surface area (Å²) in [6.45, 7) is 0. The van der Waals surface area contributed by atoms with Crippen molar-refractivity contribution in [3.05, 3.63) is 35.7 Å². The Bertz CT molecular complexity index is 372. The average molecular weight is 196 g/mol. The van der Waals surface area contributed by atoms with E-state index in [1.807, 2.05) is 0 Å². The quantitative estimate of drug-likeness (QED) is 0.751. The monoisotopic (exact) mass is 196 g/mol. The molecule has 0 amide bonds. The van der Waals surface area contributed by atoms with Gasteiger partial charge in [0, 0.05) is 11.6 Å². The van der Waals surface area contributed by atoms with Gasteiger partial charge in [-0.05, 0) is 24.3 Å². The lowest BCUT2D eigenvalue weighted by molar-refractivity contribution is -0.131. The highest BCUT2D eigenvalue weighted by Gasteiger charge is 2.01. The standard InChI is InChI=1S/C10H9FO3/c1-14-9-4-3-8(11)6-7(9)2-5-10(12)13/h2-6H,1H3,(H,12,13)/b5-2+. The highest BCUT2D eigenvalue weighted by molar-refractivity contribution is 5.85. The van der Waals surface area contributed by atoms with Crippen molar-refractivity contribution >= 4 is 12.0 Å². The lowest BCUT2D eigenvalue weighted by Gasteiger charge is -2.03. The molecule has 14 heavy (non-hydrogen) atoms. The number of ether oxygens (including phenoxy) is 1. The Morgan fingerprint density at radius 2 is 2.29 bits per heavy atom. The van der Waals surface area contributed by atoms with E-state index in [9.17, 15) is 9.18 Å². The number of hydrogen-bond donors (Lipinski definition) is 1. The molecule has 1 aromatic carbocycles. The van der Waals surface area contributed by atoms with Gasteiger partial charge in [-0.2, -0.15) is 0 Å². The number of halogens is 1. The molecule has 1 aromatic rings. The number of methoxy groups -OCH3 is 1. The van der Waals surface area contributed by atoms with Crippen molar-refractivity contribution in [3.63, 3.8) is 0 Å². The number of benzene rings is 1. The Balaban J connectivity index is 3.04. The van der Waals surface area contributed by atoms with Crippen LogP contribution in [-0.2, 0) is 4.79 Å². The molecule has 0 radical (unpaired) electrons. The molecule has 0 fully saturated rings. The van der Waals surface area contributed by atoms with Crippen LogP contribution in [0.5, 0.6) is 5.75 Å². The first-order valence-electron chi connectivity index (χ1n) is 3.88. The third kappa shape index (κ3) is 2.58. The molecule has 0 saturated carbocycles. The van der Waals surface area contributed by atoms with Crippen LogP contribution in [-0.4, -0.2) is 18.2 Å². The second-order valence-electron chi connectivity index (χ2n) is 2.56. The SMILES string of the molecule is COc1ccc(F)cc1/C=C/C(=O)O. The number of carboxylic acid groups (broad SMARTS) is 1. The van der Waals surface area contributed by atoms with Crippen molar-refractivity contribution < 1.29 is 19.0 Å². The van der Waals surface area contributed by atoms with Crippen LogP contribution in [0.3, 0.4) is 0 Å². The lowest BCUT2D eigenvalue weighted by Crippen LogP contribution is -1.90. The van der Waals surface area contributed by atoms with Crippen molar-refractivity contribution in [2.75, 3.05) is 7.11 Å². The highest BCUT2D eigenvalue weighted by atomic mass is 19.1. The molecule has 0 aliphatic heterocycles. The topological polar surface area (TPSA) is 46.5 Å². The van der Waals surface area contributed by atoms with Crippen molar-refractivity contribution in [1.29, 1.82) is 0 Å². The molecule has 0 bridgehead atoms. The summed E-state index contributed by atoms with van der Waals surface area (Å²) in [5, 5.41) is 8.39. The zero-order valence-corrected chi connectivity index (χ0v) is 7.53. The van der Waals surface area contributed by atoms with Crippen LogP contribution in [0.2, 0.25) is 0 Å².